The Labute approximate surface area is 123 Å². The Bertz CT molecular complexity index is 686. The standard InChI is InChI=1S/C14H19N3O3S/c18-14(15-10-3-4-10)12-7-13(9-1-2-9)17(16-12)11-5-6-21(19,20)8-11/h7,9-11H,1-6,8H2,(H,15,18). The minimum absolute atomic E-state index is 0.104. The smallest absolute Gasteiger partial charge is 0.272 e. The van der Waals surface area contributed by atoms with Gasteiger partial charge >= 0.3 is 0 Å². The number of hydrogen-bond acceptors (Lipinski definition) is 4. The molecule has 1 unspecified atom stereocenters. The van der Waals surface area contributed by atoms with Crippen LogP contribution in [0, 0.1) is 0 Å². The van der Waals surface area contributed by atoms with E-state index in [2.05, 4.69) is 10.4 Å². The fraction of sp³-hybridized carbons (Fsp3) is 0.714. The molecule has 1 aromatic heterocycles. The van der Waals surface area contributed by atoms with E-state index in [1.165, 1.54) is 0 Å². The lowest BCUT2D eigenvalue weighted by Crippen LogP contribution is -2.26. The van der Waals surface area contributed by atoms with Gasteiger partial charge in [0, 0.05) is 17.7 Å². The largest absolute Gasteiger partial charge is 0.348 e. The summed E-state index contributed by atoms with van der Waals surface area (Å²) in [5, 5.41) is 7.38. The Morgan fingerprint density at radius 3 is 2.57 bits per heavy atom. The van der Waals surface area contributed by atoms with Gasteiger partial charge in [-0.25, -0.2) is 8.42 Å². The summed E-state index contributed by atoms with van der Waals surface area (Å²) in [6, 6.07) is 2.06. The zero-order chi connectivity index (χ0) is 14.6. The number of nitrogens with one attached hydrogen (secondary N) is 1. The molecule has 0 radical (unpaired) electrons. The van der Waals surface area contributed by atoms with Crippen LogP contribution in [-0.2, 0) is 9.84 Å². The summed E-state index contributed by atoms with van der Waals surface area (Å²) in [4.78, 5) is 12.1. The van der Waals surface area contributed by atoms with Crippen LogP contribution in [-0.4, -0.2) is 41.7 Å². The summed E-state index contributed by atoms with van der Waals surface area (Å²) in [5.74, 6) is 0.700. The Balaban J connectivity index is 1.62. The molecule has 114 valence electrons. The molecule has 1 atom stereocenters. The van der Waals surface area contributed by atoms with E-state index < -0.39 is 9.84 Å². The fourth-order valence-electron chi connectivity index (χ4n) is 2.95. The number of carbonyl (C=O) groups excluding carboxylic acids is 1. The maximum absolute atomic E-state index is 12.1. The topological polar surface area (TPSA) is 81.1 Å². The molecule has 2 saturated carbocycles. The van der Waals surface area contributed by atoms with E-state index in [-0.39, 0.29) is 23.5 Å². The third-order valence-corrected chi connectivity index (χ3v) is 6.21. The average molecular weight is 309 g/mol. The minimum Gasteiger partial charge on any atom is -0.348 e. The molecular weight excluding hydrogens is 290 g/mol. The Morgan fingerprint density at radius 2 is 2.00 bits per heavy atom. The highest BCUT2D eigenvalue weighted by Crippen LogP contribution is 2.42. The number of aromatic nitrogens is 2. The van der Waals surface area contributed by atoms with Gasteiger partial charge in [-0.05, 0) is 38.2 Å². The van der Waals surface area contributed by atoms with Crippen molar-refractivity contribution in [1.82, 2.24) is 15.1 Å². The highest BCUT2D eigenvalue weighted by molar-refractivity contribution is 7.91. The summed E-state index contributed by atoms with van der Waals surface area (Å²) in [6.45, 7) is 0. The van der Waals surface area contributed by atoms with Crippen molar-refractivity contribution in [3.8, 4) is 0 Å². The van der Waals surface area contributed by atoms with E-state index in [9.17, 15) is 13.2 Å². The van der Waals surface area contributed by atoms with Crippen molar-refractivity contribution in [2.45, 2.75) is 50.1 Å². The average Bonchev–Trinajstić information content (AvgIpc) is 3.34. The van der Waals surface area contributed by atoms with Crippen molar-refractivity contribution in [3.63, 3.8) is 0 Å². The molecule has 3 aliphatic rings. The molecule has 2 heterocycles. The van der Waals surface area contributed by atoms with Gasteiger partial charge in [-0.15, -0.1) is 0 Å². The molecule has 2 aliphatic carbocycles. The Hall–Kier alpha value is -1.37. The normalized spacial score (nSPS) is 27.7. The monoisotopic (exact) mass is 309 g/mol. The minimum atomic E-state index is -2.95. The molecule has 4 rings (SSSR count). The van der Waals surface area contributed by atoms with Crippen LogP contribution < -0.4 is 5.32 Å². The molecule has 1 aromatic rings. The summed E-state index contributed by atoms with van der Waals surface area (Å²) >= 11 is 0. The predicted octanol–water partition coefficient (Wildman–Crippen LogP) is 1.01. The van der Waals surface area contributed by atoms with E-state index in [1.807, 2.05) is 10.7 Å². The summed E-state index contributed by atoms with van der Waals surface area (Å²) in [6.07, 6.45) is 4.91. The zero-order valence-electron chi connectivity index (χ0n) is 11.8. The first kappa shape index (κ1) is 13.3. The van der Waals surface area contributed by atoms with E-state index in [0.29, 0.717) is 24.1 Å². The van der Waals surface area contributed by atoms with Crippen LogP contribution in [0.2, 0.25) is 0 Å². The maximum Gasteiger partial charge on any atom is 0.272 e. The number of sulfone groups is 1. The van der Waals surface area contributed by atoms with Crippen LogP contribution in [0.5, 0.6) is 0 Å². The first-order valence-electron chi connectivity index (χ1n) is 7.62. The van der Waals surface area contributed by atoms with Gasteiger partial charge in [-0.2, -0.15) is 5.10 Å². The van der Waals surface area contributed by atoms with Crippen molar-refractivity contribution in [2.75, 3.05) is 11.5 Å². The quantitative estimate of drug-likeness (QED) is 0.900. The van der Waals surface area contributed by atoms with Gasteiger partial charge in [0.1, 0.15) is 5.69 Å². The van der Waals surface area contributed by atoms with Crippen molar-refractivity contribution in [2.24, 2.45) is 0 Å². The number of amides is 1. The van der Waals surface area contributed by atoms with Gasteiger partial charge in [-0.1, -0.05) is 0 Å². The number of carbonyl (C=O) groups is 1. The first-order valence-corrected chi connectivity index (χ1v) is 9.45. The van der Waals surface area contributed by atoms with Crippen LogP contribution in [0.15, 0.2) is 6.07 Å². The van der Waals surface area contributed by atoms with E-state index in [1.54, 1.807) is 0 Å². The van der Waals surface area contributed by atoms with Crippen LogP contribution >= 0.6 is 0 Å². The van der Waals surface area contributed by atoms with Crippen molar-refractivity contribution >= 4 is 15.7 Å². The second kappa shape index (κ2) is 4.56. The molecule has 3 fully saturated rings. The van der Waals surface area contributed by atoms with Gasteiger partial charge in [0.2, 0.25) is 0 Å². The second-order valence-electron chi connectivity index (χ2n) is 6.48. The fourth-order valence-corrected chi connectivity index (χ4v) is 4.64. The molecule has 7 heteroatoms. The summed E-state index contributed by atoms with van der Waals surface area (Å²) in [7, 11) is -2.95. The zero-order valence-corrected chi connectivity index (χ0v) is 12.6. The highest BCUT2D eigenvalue weighted by Gasteiger charge is 2.36. The van der Waals surface area contributed by atoms with Gasteiger partial charge < -0.3 is 5.32 Å². The molecule has 0 bridgehead atoms. The second-order valence-corrected chi connectivity index (χ2v) is 8.71. The molecule has 0 spiro atoms. The third kappa shape index (κ3) is 2.71. The Morgan fingerprint density at radius 1 is 1.24 bits per heavy atom. The third-order valence-electron chi connectivity index (χ3n) is 4.46. The maximum atomic E-state index is 12.1. The molecular formula is C14H19N3O3S. The van der Waals surface area contributed by atoms with Crippen LogP contribution in [0.3, 0.4) is 0 Å². The molecule has 0 aromatic carbocycles. The van der Waals surface area contributed by atoms with E-state index in [0.717, 1.165) is 31.4 Å². The summed E-state index contributed by atoms with van der Waals surface area (Å²) < 4.78 is 25.2. The lowest BCUT2D eigenvalue weighted by molar-refractivity contribution is 0.0945. The predicted molar refractivity (Wildman–Crippen MR) is 77.0 cm³/mol. The molecule has 1 N–H and O–H groups in total. The number of rotatable bonds is 4. The van der Waals surface area contributed by atoms with Crippen LogP contribution in [0.1, 0.15) is 60.2 Å². The Kier molecular flexibility index (Phi) is 2.89. The van der Waals surface area contributed by atoms with Crippen LogP contribution in [0.25, 0.3) is 0 Å². The number of hydrogen-bond donors (Lipinski definition) is 1. The van der Waals surface area contributed by atoms with E-state index >= 15 is 0 Å². The van der Waals surface area contributed by atoms with Crippen molar-refractivity contribution in [3.05, 3.63) is 17.5 Å². The molecule has 1 saturated heterocycles. The lowest BCUT2D eigenvalue weighted by atomic mass is 10.2. The van der Waals surface area contributed by atoms with Gasteiger partial charge in [-0.3, -0.25) is 9.48 Å². The highest BCUT2D eigenvalue weighted by atomic mass is 32.2. The molecule has 21 heavy (non-hydrogen) atoms. The van der Waals surface area contributed by atoms with Crippen LogP contribution in [0.4, 0.5) is 0 Å². The molecule has 6 nitrogen and oxygen atoms in total. The lowest BCUT2D eigenvalue weighted by Gasteiger charge is -2.12. The van der Waals surface area contributed by atoms with Gasteiger partial charge in [0.25, 0.3) is 5.91 Å². The molecule has 1 amide bonds. The van der Waals surface area contributed by atoms with Crippen molar-refractivity contribution in [1.29, 1.82) is 0 Å². The SMILES string of the molecule is O=C(NC1CC1)c1cc(C2CC2)n(C2CCS(=O)(=O)C2)n1. The summed E-state index contributed by atoms with van der Waals surface area (Å²) in [5.41, 5.74) is 1.48. The molecule has 1 aliphatic heterocycles. The van der Waals surface area contributed by atoms with Crippen molar-refractivity contribution < 1.29 is 13.2 Å². The van der Waals surface area contributed by atoms with E-state index in [4.69, 9.17) is 0 Å². The number of nitrogens with zero attached hydrogens (tertiary/aromatic N) is 2. The first-order chi connectivity index (χ1) is 10.0. The van der Waals surface area contributed by atoms with Gasteiger partial charge in [0.05, 0.1) is 17.5 Å². The van der Waals surface area contributed by atoms with Gasteiger partial charge in [0.15, 0.2) is 9.84 Å².